The average molecular weight is 214 g/mol. The molecular weight excluding hydrogens is 188 g/mol. The lowest BCUT2D eigenvalue weighted by molar-refractivity contribution is 0.101. The van der Waals surface area contributed by atoms with Crippen LogP contribution in [0.4, 0.5) is 0 Å². The Morgan fingerprint density at radius 2 is 1.80 bits per heavy atom. The van der Waals surface area contributed by atoms with Gasteiger partial charge < -0.3 is 14.9 Å². The number of hydrogen-bond donors (Lipinski definition) is 1. The Kier molecular flexibility index (Phi) is 5.58. The molecule has 1 aliphatic carbocycles. The van der Waals surface area contributed by atoms with Gasteiger partial charge in [-0.05, 0) is 38.9 Å². The number of hydrogen-bond acceptors (Lipinski definition) is 3. The fourth-order valence-corrected chi connectivity index (χ4v) is 1.89. The molecule has 0 aliphatic heterocycles. The number of nitrogens with zero attached hydrogens (tertiary/aromatic N) is 2. The first-order chi connectivity index (χ1) is 7.17. The summed E-state index contributed by atoms with van der Waals surface area (Å²) in [5, 5.41) is 9.78. The smallest absolute Gasteiger partial charge is 0.0695 e. The molecule has 0 aromatic carbocycles. The molecule has 1 rings (SSSR count). The van der Waals surface area contributed by atoms with Crippen LogP contribution in [0.1, 0.15) is 26.7 Å². The van der Waals surface area contributed by atoms with E-state index in [1.54, 1.807) is 0 Å². The van der Waals surface area contributed by atoms with Crippen molar-refractivity contribution in [3.63, 3.8) is 0 Å². The van der Waals surface area contributed by atoms with Crippen molar-refractivity contribution >= 4 is 0 Å². The first kappa shape index (κ1) is 12.9. The summed E-state index contributed by atoms with van der Waals surface area (Å²) >= 11 is 0. The van der Waals surface area contributed by atoms with Gasteiger partial charge in [-0.15, -0.1) is 0 Å². The van der Waals surface area contributed by atoms with Crippen LogP contribution in [0, 0.1) is 5.92 Å². The second-order valence-corrected chi connectivity index (χ2v) is 4.69. The van der Waals surface area contributed by atoms with Gasteiger partial charge in [0.25, 0.3) is 0 Å². The fourth-order valence-electron chi connectivity index (χ4n) is 1.89. The second-order valence-electron chi connectivity index (χ2n) is 4.69. The highest BCUT2D eigenvalue weighted by atomic mass is 16.3. The van der Waals surface area contributed by atoms with Crippen LogP contribution in [0.5, 0.6) is 0 Å². The van der Waals surface area contributed by atoms with Crippen LogP contribution in [0.3, 0.4) is 0 Å². The highest BCUT2D eigenvalue weighted by Gasteiger charge is 2.30. The highest BCUT2D eigenvalue weighted by molar-refractivity contribution is 4.82. The van der Waals surface area contributed by atoms with Gasteiger partial charge >= 0.3 is 0 Å². The molecule has 3 heteroatoms. The van der Waals surface area contributed by atoms with Crippen molar-refractivity contribution in [3.05, 3.63) is 0 Å². The Morgan fingerprint density at radius 3 is 2.27 bits per heavy atom. The van der Waals surface area contributed by atoms with Gasteiger partial charge in [0, 0.05) is 19.6 Å². The maximum Gasteiger partial charge on any atom is 0.0695 e. The van der Waals surface area contributed by atoms with Crippen LogP contribution in [-0.4, -0.2) is 60.8 Å². The third-order valence-corrected chi connectivity index (χ3v) is 3.36. The Balaban J connectivity index is 2.08. The van der Waals surface area contributed by atoms with E-state index >= 15 is 0 Å². The van der Waals surface area contributed by atoms with Crippen molar-refractivity contribution in [1.82, 2.24) is 9.80 Å². The number of aliphatic hydroxyl groups is 1. The molecule has 0 aromatic rings. The van der Waals surface area contributed by atoms with Gasteiger partial charge in [0.05, 0.1) is 6.10 Å². The molecule has 1 saturated carbocycles. The molecule has 0 saturated heterocycles. The van der Waals surface area contributed by atoms with E-state index in [1.807, 2.05) is 0 Å². The molecule has 0 spiro atoms. The molecule has 0 bridgehead atoms. The molecule has 1 fully saturated rings. The zero-order chi connectivity index (χ0) is 11.3. The van der Waals surface area contributed by atoms with Gasteiger partial charge in [0.1, 0.15) is 0 Å². The average Bonchev–Trinajstić information content (AvgIpc) is 3.02. The van der Waals surface area contributed by atoms with Crippen molar-refractivity contribution in [2.45, 2.75) is 32.8 Å². The minimum absolute atomic E-state index is 0.0910. The van der Waals surface area contributed by atoms with Gasteiger partial charge in [-0.25, -0.2) is 0 Å². The minimum atomic E-state index is -0.0910. The van der Waals surface area contributed by atoms with E-state index in [2.05, 4.69) is 30.7 Å². The van der Waals surface area contributed by atoms with Crippen molar-refractivity contribution in [2.75, 3.05) is 39.8 Å². The lowest BCUT2D eigenvalue weighted by atomic mass is 10.2. The highest BCUT2D eigenvalue weighted by Crippen LogP contribution is 2.32. The zero-order valence-electron chi connectivity index (χ0n) is 10.4. The summed E-state index contributed by atoms with van der Waals surface area (Å²) in [5.41, 5.74) is 0. The minimum Gasteiger partial charge on any atom is -0.392 e. The normalized spacial score (nSPS) is 18.8. The summed E-state index contributed by atoms with van der Waals surface area (Å²) in [4.78, 5) is 4.67. The molecule has 0 radical (unpaired) electrons. The predicted molar refractivity (Wildman–Crippen MR) is 64.0 cm³/mol. The summed E-state index contributed by atoms with van der Waals surface area (Å²) in [6.07, 6.45) is 2.36. The van der Waals surface area contributed by atoms with E-state index in [0.717, 1.165) is 32.7 Å². The van der Waals surface area contributed by atoms with E-state index in [0.29, 0.717) is 5.92 Å². The predicted octanol–water partition coefficient (Wildman–Crippen LogP) is 1.03. The van der Waals surface area contributed by atoms with Gasteiger partial charge in [-0.1, -0.05) is 13.8 Å². The quantitative estimate of drug-likeness (QED) is 0.654. The van der Waals surface area contributed by atoms with Crippen LogP contribution in [0.25, 0.3) is 0 Å². The monoisotopic (exact) mass is 214 g/mol. The van der Waals surface area contributed by atoms with Crippen molar-refractivity contribution in [3.8, 4) is 0 Å². The van der Waals surface area contributed by atoms with Crippen molar-refractivity contribution < 1.29 is 5.11 Å². The van der Waals surface area contributed by atoms with E-state index < -0.39 is 0 Å². The molecule has 90 valence electrons. The molecule has 1 unspecified atom stereocenters. The largest absolute Gasteiger partial charge is 0.392 e. The molecule has 1 aliphatic rings. The molecule has 0 heterocycles. The third kappa shape index (κ3) is 4.96. The van der Waals surface area contributed by atoms with Crippen LogP contribution in [0.15, 0.2) is 0 Å². The maximum atomic E-state index is 9.78. The summed E-state index contributed by atoms with van der Waals surface area (Å²) in [7, 11) is 2.11. The van der Waals surface area contributed by atoms with Crippen molar-refractivity contribution in [1.29, 1.82) is 0 Å². The first-order valence-corrected chi connectivity index (χ1v) is 6.26. The number of rotatable bonds is 8. The SMILES string of the molecule is CCN(CC)CCN(C)CC(O)C1CC1. The molecular formula is C12H26N2O. The Morgan fingerprint density at radius 1 is 1.20 bits per heavy atom. The zero-order valence-corrected chi connectivity index (χ0v) is 10.4. The molecule has 3 nitrogen and oxygen atoms in total. The number of likely N-dealkylation sites (N-methyl/N-ethyl adjacent to an activating group) is 2. The van der Waals surface area contributed by atoms with Crippen LogP contribution in [-0.2, 0) is 0 Å². The van der Waals surface area contributed by atoms with Gasteiger partial charge in [-0.3, -0.25) is 0 Å². The van der Waals surface area contributed by atoms with E-state index in [9.17, 15) is 5.11 Å². The van der Waals surface area contributed by atoms with E-state index in [1.165, 1.54) is 12.8 Å². The van der Waals surface area contributed by atoms with Gasteiger partial charge in [0.2, 0.25) is 0 Å². The first-order valence-electron chi connectivity index (χ1n) is 6.26. The second kappa shape index (κ2) is 6.46. The van der Waals surface area contributed by atoms with Crippen molar-refractivity contribution in [2.24, 2.45) is 5.92 Å². The fraction of sp³-hybridized carbons (Fsp3) is 1.00. The Bertz CT molecular complexity index is 167. The molecule has 1 N–H and O–H groups in total. The lowest BCUT2D eigenvalue weighted by Gasteiger charge is -2.24. The maximum absolute atomic E-state index is 9.78. The van der Waals surface area contributed by atoms with Crippen LogP contribution >= 0.6 is 0 Å². The third-order valence-electron chi connectivity index (χ3n) is 3.36. The van der Waals surface area contributed by atoms with E-state index in [4.69, 9.17) is 0 Å². The summed E-state index contributed by atoms with van der Waals surface area (Å²) in [6, 6.07) is 0. The van der Waals surface area contributed by atoms with Gasteiger partial charge in [0.15, 0.2) is 0 Å². The number of aliphatic hydroxyl groups excluding tert-OH is 1. The standard InChI is InChI=1S/C12H26N2O/c1-4-14(5-2)9-8-13(3)10-12(15)11-6-7-11/h11-12,15H,4-10H2,1-3H3. The summed E-state index contributed by atoms with van der Waals surface area (Å²) < 4.78 is 0. The Labute approximate surface area is 94.1 Å². The molecule has 0 amide bonds. The summed E-state index contributed by atoms with van der Waals surface area (Å²) in [6.45, 7) is 9.65. The molecule has 15 heavy (non-hydrogen) atoms. The van der Waals surface area contributed by atoms with Crippen LogP contribution in [0.2, 0.25) is 0 Å². The van der Waals surface area contributed by atoms with Crippen LogP contribution < -0.4 is 0 Å². The Hall–Kier alpha value is -0.120. The molecule has 1 atom stereocenters. The van der Waals surface area contributed by atoms with E-state index in [-0.39, 0.29) is 6.10 Å². The topological polar surface area (TPSA) is 26.7 Å². The summed E-state index contributed by atoms with van der Waals surface area (Å²) in [5.74, 6) is 0.598. The lowest BCUT2D eigenvalue weighted by Crippen LogP contribution is -2.37. The van der Waals surface area contributed by atoms with Gasteiger partial charge in [-0.2, -0.15) is 0 Å². The molecule has 0 aromatic heterocycles.